The van der Waals surface area contributed by atoms with E-state index in [-0.39, 0.29) is 26.2 Å². The second-order valence-corrected chi connectivity index (χ2v) is 5.34. The predicted molar refractivity (Wildman–Crippen MR) is 86.7 cm³/mol. The normalized spacial score (nSPS) is 10.2. The fraction of sp³-hybridized carbons (Fsp3) is 0. The van der Waals surface area contributed by atoms with Crippen molar-refractivity contribution in [2.24, 2.45) is 5.73 Å². The van der Waals surface area contributed by atoms with E-state index >= 15 is 0 Å². The van der Waals surface area contributed by atoms with Crippen molar-refractivity contribution in [3.63, 3.8) is 0 Å². The van der Waals surface area contributed by atoms with E-state index in [1.165, 1.54) is 24.3 Å². The molecule has 0 unspecified atom stereocenters. The maximum Gasteiger partial charge on any atom is 0.257 e. The largest absolute Gasteiger partial charge is 0.389 e. The van der Waals surface area contributed by atoms with Crippen LogP contribution in [-0.4, -0.2) is 10.9 Å². The first-order valence-corrected chi connectivity index (χ1v) is 6.91. The van der Waals surface area contributed by atoms with E-state index in [0.29, 0.717) is 5.69 Å². The van der Waals surface area contributed by atoms with E-state index < -0.39 is 11.7 Å². The van der Waals surface area contributed by atoms with E-state index in [1.54, 1.807) is 12.1 Å². The lowest BCUT2D eigenvalue weighted by Crippen LogP contribution is -2.15. The summed E-state index contributed by atoms with van der Waals surface area (Å²) in [6, 6.07) is 8.63. The Morgan fingerprint density at radius 3 is 2.57 bits per heavy atom. The van der Waals surface area contributed by atoms with Crippen LogP contribution in [0.4, 0.5) is 10.1 Å². The van der Waals surface area contributed by atoms with Crippen molar-refractivity contribution in [2.75, 3.05) is 5.32 Å². The van der Waals surface area contributed by atoms with Gasteiger partial charge in [0.05, 0.1) is 15.6 Å². The van der Waals surface area contributed by atoms with Gasteiger partial charge >= 0.3 is 0 Å². The Morgan fingerprint density at radius 2 is 1.90 bits per heavy atom. The third kappa shape index (κ3) is 3.50. The van der Waals surface area contributed by atoms with Crippen LogP contribution >= 0.6 is 35.4 Å². The van der Waals surface area contributed by atoms with Gasteiger partial charge in [0, 0.05) is 11.3 Å². The van der Waals surface area contributed by atoms with Crippen LogP contribution in [0.1, 0.15) is 15.9 Å². The first-order chi connectivity index (χ1) is 9.90. The van der Waals surface area contributed by atoms with Crippen molar-refractivity contribution < 1.29 is 9.18 Å². The number of anilines is 1. The summed E-state index contributed by atoms with van der Waals surface area (Å²) in [6.45, 7) is 0. The molecule has 0 fully saturated rings. The van der Waals surface area contributed by atoms with Crippen LogP contribution in [-0.2, 0) is 0 Å². The van der Waals surface area contributed by atoms with Gasteiger partial charge in [0.1, 0.15) is 10.8 Å². The van der Waals surface area contributed by atoms with Crippen LogP contribution in [0.5, 0.6) is 0 Å². The molecule has 0 saturated carbocycles. The average Bonchev–Trinajstić information content (AvgIpc) is 2.43. The minimum atomic E-state index is -0.554. The summed E-state index contributed by atoms with van der Waals surface area (Å²) in [6.07, 6.45) is 0. The molecule has 21 heavy (non-hydrogen) atoms. The van der Waals surface area contributed by atoms with Gasteiger partial charge in [-0.15, -0.1) is 0 Å². The second kappa shape index (κ2) is 6.39. The van der Waals surface area contributed by atoms with Gasteiger partial charge in [0.15, 0.2) is 0 Å². The van der Waals surface area contributed by atoms with Crippen LogP contribution in [0.3, 0.4) is 0 Å². The number of halogens is 3. The molecule has 0 aliphatic carbocycles. The summed E-state index contributed by atoms with van der Waals surface area (Å²) in [7, 11) is 0. The molecule has 0 heterocycles. The van der Waals surface area contributed by atoms with Gasteiger partial charge in [-0.2, -0.15) is 0 Å². The standard InChI is InChI=1S/C14H9Cl2FN2OS/c15-10-3-1-2-8(12(10)16)14(20)19-7-4-5-11(17)9(6-7)13(18)21/h1-6H,(H2,18,21)(H,19,20). The molecular weight excluding hydrogens is 334 g/mol. The van der Waals surface area contributed by atoms with Crippen LogP contribution in [0.25, 0.3) is 0 Å². The Labute approximate surface area is 135 Å². The van der Waals surface area contributed by atoms with Crippen molar-refractivity contribution in [1.82, 2.24) is 0 Å². The zero-order chi connectivity index (χ0) is 15.6. The van der Waals surface area contributed by atoms with Gasteiger partial charge in [0.2, 0.25) is 0 Å². The van der Waals surface area contributed by atoms with Gasteiger partial charge in [-0.05, 0) is 30.3 Å². The number of benzene rings is 2. The van der Waals surface area contributed by atoms with Crippen LogP contribution in [0, 0.1) is 5.82 Å². The van der Waals surface area contributed by atoms with E-state index in [0.717, 1.165) is 0 Å². The number of nitrogens with two attached hydrogens (primary N) is 1. The second-order valence-electron chi connectivity index (χ2n) is 4.11. The van der Waals surface area contributed by atoms with Crippen molar-refractivity contribution in [3.8, 4) is 0 Å². The molecule has 2 rings (SSSR count). The smallest absolute Gasteiger partial charge is 0.257 e. The number of rotatable bonds is 3. The van der Waals surface area contributed by atoms with E-state index in [9.17, 15) is 9.18 Å². The van der Waals surface area contributed by atoms with Crippen molar-refractivity contribution >= 4 is 52.0 Å². The molecule has 0 aliphatic rings. The van der Waals surface area contributed by atoms with Crippen molar-refractivity contribution in [2.45, 2.75) is 0 Å². The molecule has 7 heteroatoms. The Balaban J connectivity index is 2.30. The first-order valence-electron chi connectivity index (χ1n) is 5.75. The lowest BCUT2D eigenvalue weighted by Gasteiger charge is -2.09. The summed E-state index contributed by atoms with van der Waals surface area (Å²) < 4.78 is 13.5. The lowest BCUT2D eigenvalue weighted by atomic mass is 10.1. The number of carbonyl (C=O) groups is 1. The number of hydrogen-bond acceptors (Lipinski definition) is 2. The minimum Gasteiger partial charge on any atom is -0.389 e. The number of thiocarbonyl (C=S) groups is 1. The molecule has 3 nitrogen and oxygen atoms in total. The highest BCUT2D eigenvalue weighted by atomic mass is 35.5. The Kier molecular flexibility index (Phi) is 4.77. The monoisotopic (exact) mass is 342 g/mol. The Morgan fingerprint density at radius 1 is 1.19 bits per heavy atom. The maximum atomic E-state index is 13.5. The van der Waals surface area contributed by atoms with Gasteiger partial charge < -0.3 is 11.1 Å². The fourth-order valence-electron chi connectivity index (χ4n) is 1.67. The van der Waals surface area contributed by atoms with E-state index in [2.05, 4.69) is 5.32 Å². The third-order valence-electron chi connectivity index (χ3n) is 2.69. The number of nitrogens with one attached hydrogen (secondary N) is 1. The van der Waals surface area contributed by atoms with Crippen LogP contribution < -0.4 is 11.1 Å². The van der Waals surface area contributed by atoms with Crippen LogP contribution in [0.15, 0.2) is 36.4 Å². The lowest BCUT2D eigenvalue weighted by molar-refractivity contribution is 0.102. The van der Waals surface area contributed by atoms with Crippen molar-refractivity contribution in [1.29, 1.82) is 0 Å². The molecule has 0 bridgehead atoms. The Hall–Kier alpha value is -1.69. The van der Waals surface area contributed by atoms with Gasteiger partial charge in [0.25, 0.3) is 5.91 Å². The zero-order valence-corrected chi connectivity index (χ0v) is 12.8. The number of hydrogen-bond donors (Lipinski definition) is 2. The van der Waals surface area contributed by atoms with Crippen molar-refractivity contribution in [3.05, 3.63) is 63.4 Å². The quantitative estimate of drug-likeness (QED) is 0.828. The van der Waals surface area contributed by atoms with E-state index in [1.807, 2.05) is 0 Å². The first kappa shape index (κ1) is 15.7. The third-order valence-corrected chi connectivity index (χ3v) is 3.72. The summed E-state index contributed by atoms with van der Waals surface area (Å²) >= 11 is 16.6. The highest BCUT2D eigenvalue weighted by molar-refractivity contribution is 7.80. The molecule has 0 atom stereocenters. The van der Waals surface area contributed by atoms with Gasteiger partial charge in [-0.1, -0.05) is 41.5 Å². The predicted octanol–water partition coefficient (Wildman–Crippen LogP) is 4.02. The number of carbonyl (C=O) groups excluding carboxylic acids is 1. The van der Waals surface area contributed by atoms with Gasteiger partial charge in [-0.25, -0.2) is 4.39 Å². The highest BCUT2D eigenvalue weighted by Gasteiger charge is 2.14. The zero-order valence-electron chi connectivity index (χ0n) is 10.5. The molecule has 0 aliphatic heterocycles. The minimum absolute atomic E-state index is 0.0555. The molecule has 2 aromatic carbocycles. The average molecular weight is 343 g/mol. The molecule has 0 saturated heterocycles. The topological polar surface area (TPSA) is 55.1 Å². The molecule has 0 spiro atoms. The summed E-state index contributed by atoms with van der Waals surface area (Å²) in [5, 5.41) is 3.00. The SMILES string of the molecule is NC(=S)c1cc(NC(=O)c2cccc(Cl)c2Cl)ccc1F. The van der Waals surface area contributed by atoms with E-state index in [4.69, 9.17) is 41.2 Å². The van der Waals surface area contributed by atoms with Gasteiger partial charge in [-0.3, -0.25) is 4.79 Å². The molecule has 3 N–H and O–H groups in total. The molecular formula is C14H9Cl2FN2OS. The highest BCUT2D eigenvalue weighted by Crippen LogP contribution is 2.26. The fourth-order valence-corrected chi connectivity index (χ4v) is 2.21. The van der Waals surface area contributed by atoms with Crippen LogP contribution in [0.2, 0.25) is 10.0 Å². The maximum absolute atomic E-state index is 13.5. The summed E-state index contributed by atoms with van der Waals surface area (Å²) in [5.74, 6) is -1.02. The Bertz CT molecular complexity index is 737. The number of amides is 1. The molecule has 2 aromatic rings. The summed E-state index contributed by atoms with van der Waals surface area (Å²) in [4.78, 5) is 12.0. The molecule has 0 radical (unpaired) electrons. The summed E-state index contributed by atoms with van der Waals surface area (Å²) in [5.41, 5.74) is 6.03. The molecule has 1 amide bonds. The molecule has 108 valence electrons. The molecule has 0 aromatic heterocycles.